The largest absolute Gasteiger partial charge is 0.507 e. The van der Waals surface area contributed by atoms with Crippen LogP contribution >= 0.6 is 0 Å². The fourth-order valence-corrected chi connectivity index (χ4v) is 10.6. The lowest BCUT2D eigenvalue weighted by Crippen LogP contribution is -2.10. The van der Waals surface area contributed by atoms with E-state index in [0.29, 0.717) is 35.2 Å². The van der Waals surface area contributed by atoms with Crippen LogP contribution in [-0.2, 0) is 12.8 Å². The number of phenols is 2. The molecule has 2 N–H and O–H groups in total. The van der Waals surface area contributed by atoms with Crippen molar-refractivity contribution in [3.63, 3.8) is 0 Å². The normalized spacial score (nSPS) is 20.6. The van der Waals surface area contributed by atoms with Gasteiger partial charge in [0.2, 0.25) is 0 Å². The first-order chi connectivity index (χ1) is 24.2. The first kappa shape index (κ1) is 36.8. The Morgan fingerprint density at radius 2 is 0.551 bits per heavy atom. The summed E-state index contributed by atoms with van der Waals surface area (Å²) in [6.45, 7) is 0. The standard InChI is InChI=1S/C47H72O2/c48-46-42(38-24-14-8-15-25-38)32-36(33-43(46)39-26-16-9-17-27-39)22-12-6-4-2-1-3-5-7-13-23-37-34-44(40-28-18-10-19-29-40)47(49)45(35-37)41-30-20-11-21-31-41/h32-35,38-41,48-49H,1-31H2. The molecule has 0 aromatic heterocycles. The zero-order valence-corrected chi connectivity index (χ0v) is 31.4. The van der Waals surface area contributed by atoms with Crippen LogP contribution in [0.3, 0.4) is 0 Å². The minimum absolute atomic E-state index is 0.579. The van der Waals surface area contributed by atoms with Crippen molar-refractivity contribution in [1.82, 2.24) is 0 Å². The number of phenolic OH excluding ortho intramolecular Hbond substituents is 2. The highest BCUT2D eigenvalue weighted by Gasteiger charge is 2.27. The highest BCUT2D eigenvalue weighted by atomic mass is 16.3. The van der Waals surface area contributed by atoms with Crippen molar-refractivity contribution >= 4 is 0 Å². The summed E-state index contributed by atoms with van der Waals surface area (Å²) in [5, 5.41) is 22.9. The maximum Gasteiger partial charge on any atom is 0.122 e. The Bertz CT molecular complexity index is 1080. The molecule has 0 radical (unpaired) electrons. The number of unbranched alkanes of at least 4 members (excludes halogenated alkanes) is 8. The molecule has 2 nitrogen and oxygen atoms in total. The zero-order chi connectivity index (χ0) is 33.7. The Kier molecular flexibility index (Phi) is 14.7. The van der Waals surface area contributed by atoms with E-state index in [0.717, 1.165) is 0 Å². The molecule has 2 aromatic rings. The Morgan fingerprint density at radius 3 is 0.796 bits per heavy atom. The number of hydrogen-bond donors (Lipinski definition) is 2. The minimum Gasteiger partial charge on any atom is -0.507 e. The lowest BCUT2D eigenvalue weighted by Gasteiger charge is -2.28. The third kappa shape index (κ3) is 10.5. The smallest absolute Gasteiger partial charge is 0.122 e. The van der Waals surface area contributed by atoms with E-state index >= 15 is 0 Å². The number of hydrogen-bond acceptors (Lipinski definition) is 2. The second kappa shape index (κ2) is 19.6. The molecule has 4 fully saturated rings. The summed E-state index contributed by atoms with van der Waals surface area (Å²) in [6.07, 6.45) is 40.7. The first-order valence-corrected chi connectivity index (χ1v) is 21.9. The van der Waals surface area contributed by atoms with E-state index < -0.39 is 0 Å². The maximum absolute atomic E-state index is 11.4. The molecule has 4 saturated carbocycles. The third-order valence-electron chi connectivity index (χ3n) is 13.6. The molecule has 0 spiro atoms. The van der Waals surface area contributed by atoms with Crippen LogP contribution in [-0.4, -0.2) is 10.2 Å². The van der Waals surface area contributed by atoms with E-state index in [9.17, 15) is 10.2 Å². The maximum atomic E-state index is 11.4. The lowest BCUT2D eigenvalue weighted by molar-refractivity contribution is 0.392. The van der Waals surface area contributed by atoms with Gasteiger partial charge in [0.25, 0.3) is 0 Å². The van der Waals surface area contributed by atoms with E-state index in [1.165, 1.54) is 232 Å². The van der Waals surface area contributed by atoms with E-state index in [4.69, 9.17) is 0 Å². The molecule has 0 bridgehead atoms. The van der Waals surface area contributed by atoms with Crippen LogP contribution in [0.25, 0.3) is 0 Å². The summed E-state index contributed by atoms with van der Waals surface area (Å²) in [4.78, 5) is 0. The van der Waals surface area contributed by atoms with Crippen LogP contribution < -0.4 is 0 Å². The van der Waals surface area contributed by atoms with Crippen molar-refractivity contribution < 1.29 is 10.2 Å². The summed E-state index contributed by atoms with van der Waals surface area (Å²) < 4.78 is 0. The van der Waals surface area contributed by atoms with Crippen LogP contribution in [0, 0.1) is 0 Å². The molecule has 4 aliphatic rings. The highest BCUT2D eigenvalue weighted by Crippen LogP contribution is 2.46. The quantitative estimate of drug-likeness (QED) is 0.175. The number of benzene rings is 2. The van der Waals surface area contributed by atoms with Gasteiger partial charge in [0.1, 0.15) is 11.5 Å². The van der Waals surface area contributed by atoms with Crippen LogP contribution in [0.15, 0.2) is 24.3 Å². The van der Waals surface area contributed by atoms with Crippen molar-refractivity contribution in [2.75, 3.05) is 0 Å². The van der Waals surface area contributed by atoms with E-state index in [2.05, 4.69) is 24.3 Å². The van der Waals surface area contributed by atoms with Gasteiger partial charge in [-0.3, -0.25) is 0 Å². The molecule has 2 heteroatoms. The average Bonchev–Trinajstić information content (AvgIpc) is 3.16. The fourth-order valence-electron chi connectivity index (χ4n) is 10.6. The van der Waals surface area contributed by atoms with Gasteiger partial charge < -0.3 is 10.2 Å². The Morgan fingerprint density at radius 1 is 0.327 bits per heavy atom. The Labute approximate surface area is 301 Å². The summed E-state index contributed by atoms with van der Waals surface area (Å²) in [6, 6.07) is 9.68. The van der Waals surface area contributed by atoms with Gasteiger partial charge >= 0.3 is 0 Å². The molecule has 0 saturated heterocycles. The molecule has 6 rings (SSSR count). The predicted octanol–water partition coefficient (Wildman–Crippen LogP) is 14.6. The second-order valence-corrected chi connectivity index (χ2v) is 17.3. The van der Waals surface area contributed by atoms with Crippen molar-refractivity contribution in [3.05, 3.63) is 57.6 Å². The van der Waals surface area contributed by atoms with Crippen molar-refractivity contribution in [1.29, 1.82) is 0 Å². The van der Waals surface area contributed by atoms with Gasteiger partial charge in [-0.05, 0) is 134 Å². The Hall–Kier alpha value is -1.96. The van der Waals surface area contributed by atoms with Gasteiger partial charge in [0, 0.05) is 0 Å². The minimum atomic E-state index is 0.579. The molecular weight excluding hydrogens is 597 g/mol. The molecular formula is C47H72O2. The lowest BCUT2D eigenvalue weighted by atomic mass is 9.78. The van der Waals surface area contributed by atoms with Gasteiger partial charge in [-0.25, -0.2) is 0 Å². The summed E-state index contributed by atoms with van der Waals surface area (Å²) in [5.41, 5.74) is 8.22. The van der Waals surface area contributed by atoms with E-state index in [-0.39, 0.29) is 0 Å². The van der Waals surface area contributed by atoms with Gasteiger partial charge in [-0.1, -0.05) is 146 Å². The first-order valence-electron chi connectivity index (χ1n) is 21.9. The summed E-state index contributed by atoms with van der Waals surface area (Å²) >= 11 is 0. The predicted molar refractivity (Wildman–Crippen MR) is 208 cm³/mol. The van der Waals surface area contributed by atoms with Crippen LogP contribution in [0.1, 0.15) is 243 Å². The van der Waals surface area contributed by atoms with Crippen molar-refractivity contribution in [3.8, 4) is 11.5 Å². The number of aromatic hydroxyl groups is 2. The average molecular weight is 669 g/mol. The van der Waals surface area contributed by atoms with Crippen molar-refractivity contribution in [2.45, 2.75) is 223 Å². The molecule has 4 aliphatic carbocycles. The van der Waals surface area contributed by atoms with Crippen molar-refractivity contribution in [2.24, 2.45) is 0 Å². The van der Waals surface area contributed by atoms with Gasteiger partial charge in [-0.2, -0.15) is 0 Å². The zero-order valence-electron chi connectivity index (χ0n) is 31.4. The van der Waals surface area contributed by atoms with E-state index in [1.54, 1.807) is 0 Å². The van der Waals surface area contributed by atoms with Gasteiger partial charge in [0.15, 0.2) is 0 Å². The van der Waals surface area contributed by atoms with Gasteiger partial charge in [-0.15, -0.1) is 0 Å². The molecule has 0 amide bonds. The van der Waals surface area contributed by atoms with E-state index in [1.807, 2.05) is 0 Å². The number of aryl methyl sites for hydroxylation is 2. The topological polar surface area (TPSA) is 40.5 Å². The second-order valence-electron chi connectivity index (χ2n) is 17.3. The SMILES string of the molecule is Oc1c(C2CCCCC2)cc(CCCCCCCCCCCc2cc(C3CCCCC3)c(O)c(C3CCCCC3)c2)cc1C1CCCCC1. The highest BCUT2D eigenvalue weighted by molar-refractivity contribution is 5.49. The Balaban J connectivity index is 0.907. The van der Waals surface area contributed by atoms with Gasteiger partial charge in [0.05, 0.1) is 0 Å². The molecule has 0 aliphatic heterocycles. The summed E-state index contributed by atoms with van der Waals surface area (Å²) in [7, 11) is 0. The molecule has 0 atom stereocenters. The molecule has 272 valence electrons. The third-order valence-corrected chi connectivity index (χ3v) is 13.6. The molecule has 2 aromatic carbocycles. The molecule has 0 unspecified atom stereocenters. The van der Waals surface area contributed by atoms with Crippen LogP contribution in [0.2, 0.25) is 0 Å². The molecule has 49 heavy (non-hydrogen) atoms. The fraction of sp³-hybridized carbons (Fsp3) is 0.745. The molecule has 0 heterocycles. The van der Waals surface area contributed by atoms with Crippen LogP contribution in [0.4, 0.5) is 0 Å². The summed E-state index contributed by atoms with van der Waals surface area (Å²) in [5.74, 6) is 3.67. The number of rotatable bonds is 16. The van der Waals surface area contributed by atoms with Crippen LogP contribution in [0.5, 0.6) is 11.5 Å². The monoisotopic (exact) mass is 669 g/mol.